The Morgan fingerprint density at radius 1 is 1.27 bits per heavy atom. The van der Waals surface area contributed by atoms with Gasteiger partial charge < -0.3 is 19.5 Å². The quantitative estimate of drug-likeness (QED) is 0.925. The molecule has 1 heterocycles. The van der Waals surface area contributed by atoms with Gasteiger partial charge in [0.25, 0.3) is 0 Å². The second-order valence-corrected chi connectivity index (χ2v) is 6.36. The maximum atomic E-state index is 11.8. The summed E-state index contributed by atoms with van der Waals surface area (Å²) in [7, 11) is 0. The van der Waals surface area contributed by atoms with E-state index in [0.29, 0.717) is 25.4 Å². The Bertz CT molecular complexity index is 558. The van der Waals surface area contributed by atoms with Crippen LogP contribution in [-0.2, 0) is 4.74 Å². The number of rotatable bonds is 4. The highest BCUT2D eigenvalue weighted by Crippen LogP contribution is 2.23. The molecule has 0 radical (unpaired) electrons. The van der Waals surface area contributed by atoms with E-state index in [-0.39, 0.29) is 17.6 Å². The molecular formula is C16H21NO5. The lowest BCUT2D eigenvalue weighted by molar-refractivity contribution is -0.00784. The standard InChI is InChI=1S/C16H21NO5/c1-16(2,3)22-15(20)17-8-11(9-17)10-21-13-7-5-4-6-12(13)14(18)19/h4-7,11H,8-10H2,1-3H3,(H,18,19). The largest absolute Gasteiger partial charge is 0.492 e. The van der Waals surface area contributed by atoms with Gasteiger partial charge in [-0.1, -0.05) is 12.1 Å². The van der Waals surface area contributed by atoms with E-state index in [1.165, 1.54) is 6.07 Å². The number of carboxylic acid groups (broad SMARTS) is 1. The van der Waals surface area contributed by atoms with Crippen molar-refractivity contribution in [1.82, 2.24) is 4.90 Å². The highest BCUT2D eigenvalue weighted by Gasteiger charge is 2.34. The van der Waals surface area contributed by atoms with Crippen LogP contribution in [0.15, 0.2) is 24.3 Å². The van der Waals surface area contributed by atoms with Gasteiger partial charge >= 0.3 is 12.1 Å². The minimum absolute atomic E-state index is 0.144. The summed E-state index contributed by atoms with van der Waals surface area (Å²) in [5.41, 5.74) is -0.357. The number of hydrogen-bond donors (Lipinski definition) is 1. The van der Waals surface area contributed by atoms with E-state index in [1.807, 2.05) is 20.8 Å². The van der Waals surface area contributed by atoms with Gasteiger partial charge in [0.1, 0.15) is 16.9 Å². The zero-order chi connectivity index (χ0) is 16.3. The number of carbonyl (C=O) groups is 2. The highest BCUT2D eigenvalue weighted by molar-refractivity contribution is 5.90. The summed E-state index contributed by atoms with van der Waals surface area (Å²) in [4.78, 5) is 24.5. The summed E-state index contributed by atoms with van der Waals surface area (Å²) in [6.07, 6.45) is -0.324. The summed E-state index contributed by atoms with van der Waals surface area (Å²) in [6.45, 7) is 6.98. The molecular weight excluding hydrogens is 286 g/mol. The normalized spacial score (nSPS) is 15.1. The van der Waals surface area contributed by atoms with E-state index in [2.05, 4.69) is 0 Å². The Kier molecular flexibility index (Phi) is 4.59. The van der Waals surface area contributed by atoms with Crippen LogP contribution in [0.1, 0.15) is 31.1 Å². The molecule has 1 aromatic carbocycles. The predicted molar refractivity (Wildman–Crippen MR) is 80.2 cm³/mol. The fourth-order valence-electron chi connectivity index (χ4n) is 2.13. The van der Waals surface area contributed by atoms with Gasteiger partial charge in [-0.25, -0.2) is 9.59 Å². The summed E-state index contributed by atoms with van der Waals surface area (Å²) in [5.74, 6) is -0.473. The number of ether oxygens (including phenoxy) is 2. The number of para-hydroxylation sites is 1. The van der Waals surface area contributed by atoms with Crippen molar-refractivity contribution in [3.63, 3.8) is 0 Å². The Labute approximate surface area is 129 Å². The maximum absolute atomic E-state index is 11.8. The number of carboxylic acids is 1. The van der Waals surface area contributed by atoms with E-state index in [1.54, 1.807) is 23.1 Å². The topological polar surface area (TPSA) is 76.1 Å². The Hall–Kier alpha value is -2.24. The first-order valence-corrected chi connectivity index (χ1v) is 7.19. The van der Waals surface area contributed by atoms with Crippen LogP contribution >= 0.6 is 0 Å². The molecule has 0 aliphatic carbocycles. The van der Waals surface area contributed by atoms with Crippen LogP contribution in [0.5, 0.6) is 5.75 Å². The van der Waals surface area contributed by atoms with E-state index in [0.717, 1.165) is 0 Å². The first kappa shape index (κ1) is 16.1. The Morgan fingerprint density at radius 2 is 1.91 bits per heavy atom. The van der Waals surface area contributed by atoms with Crippen molar-refractivity contribution in [2.45, 2.75) is 26.4 Å². The van der Waals surface area contributed by atoms with Crippen molar-refractivity contribution >= 4 is 12.1 Å². The van der Waals surface area contributed by atoms with E-state index in [9.17, 15) is 9.59 Å². The SMILES string of the molecule is CC(C)(C)OC(=O)N1CC(COc2ccccc2C(=O)O)C1. The minimum atomic E-state index is -1.01. The molecule has 6 nitrogen and oxygen atoms in total. The molecule has 120 valence electrons. The second kappa shape index (κ2) is 6.25. The van der Waals surface area contributed by atoms with Crippen LogP contribution in [0.3, 0.4) is 0 Å². The lowest BCUT2D eigenvalue weighted by Crippen LogP contribution is -2.53. The fourth-order valence-corrected chi connectivity index (χ4v) is 2.13. The number of likely N-dealkylation sites (tertiary alicyclic amines) is 1. The summed E-state index contributed by atoms with van der Waals surface area (Å²) in [6, 6.07) is 6.53. The lowest BCUT2D eigenvalue weighted by Gasteiger charge is -2.39. The van der Waals surface area contributed by atoms with E-state index in [4.69, 9.17) is 14.6 Å². The molecule has 1 amide bonds. The third kappa shape index (κ3) is 4.13. The number of carbonyl (C=O) groups excluding carboxylic acids is 1. The molecule has 1 aliphatic heterocycles. The van der Waals surface area contributed by atoms with Crippen molar-refractivity contribution in [3.05, 3.63) is 29.8 Å². The molecule has 0 atom stereocenters. The van der Waals surface area contributed by atoms with Gasteiger partial charge in [-0.15, -0.1) is 0 Å². The van der Waals surface area contributed by atoms with Gasteiger partial charge in [-0.2, -0.15) is 0 Å². The number of hydrogen-bond acceptors (Lipinski definition) is 4. The third-order valence-corrected chi connectivity index (χ3v) is 3.20. The smallest absolute Gasteiger partial charge is 0.410 e. The van der Waals surface area contributed by atoms with Gasteiger partial charge in [0.2, 0.25) is 0 Å². The van der Waals surface area contributed by atoms with Crippen molar-refractivity contribution in [2.24, 2.45) is 5.92 Å². The average molecular weight is 307 g/mol. The zero-order valence-electron chi connectivity index (χ0n) is 13.0. The van der Waals surface area contributed by atoms with Crippen LogP contribution in [0, 0.1) is 5.92 Å². The van der Waals surface area contributed by atoms with E-state index >= 15 is 0 Å². The first-order valence-electron chi connectivity index (χ1n) is 7.19. The van der Waals surface area contributed by atoms with Crippen molar-refractivity contribution < 1.29 is 24.2 Å². The maximum Gasteiger partial charge on any atom is 0.410 e. The monoisotopic (exact) mass is 307 g/mol. The molecule has 0 bridgehead atoms. The van der Waals surface area contributed by atoms with Crippen molar-refractivity contribution in [2.75, 3.05) is 19.7 Å². The molecule has 2 rings (SSSR count). The third-order valence-electron chi connectivity index (χ3n) is 3.20. The first-order chi connectivity index (χ1) is 10.3. The molecule has 22 heavy (non-hydrogen) atoms. The van der Waals surface area contributed by atoms with Crippen molar-refractivity contribution in [1.29, 1.82) is 0 Å². The highest BCUT2D eigenvalue weighted by atomic mass is 16.6. The van der Waals surface area contributed by atoms with Gasteiger partial charge in [-0.05, 0) is 32.9 Å². The molecule has 0 aromatic heterocycles. The predicted octanol–water partition coefficient (Wildman–Crippen LogP) is 2.63. The van der Waals surface area contributed by atoms with Crippen LogP contribution < -0.4 is 4.74 Å². The molecule has 6 heteroatoms. The average Bonchev–Trinajstić information content (AvgIpc) is 2.34. The lowest BCUT2D eigenvalue weighted by atomic mass is 10.0. The number of benzene rings is 1. The van der Waals surface area contributed by atoms with Gasteiger partial charge in [0.05, 0.1) is 6.61 Å². The molecule has 0 unspecified atom stereocenters. The van der Waals surface area contributed by atoms with Crippen LogP contribution in [0.25, 0.3) is 0 Å². The molecule has 1 fully saturated rings. The number of aromatic carboxylic acids is 1. The summed E-state index contributed by atoms with van der Waals surface area (Å²) >= 11 is 0. The van der Waals surface area contributed by atoms with Crippen LogP contribution in [0.4, 0.5) is 4.79 Å². The fraction of sp³-hybridized carbons (Fsp3) is 0.500. The van der Waals surface area contributed by atoms with Crippen LogP contribution in [0.2, 0.25) is 0 Å². The molecule has 1 saturated heterocycles. The summed E-state index contributed by atoms with van der Waals surface area (Å²) in [5, 5.41) is 9.08. The molecule has 1 aliphatic rings. The number of amides is 1. The molecule has 0 spiro atoms. The molecule has 0 saturated carbocycles. The Morgan fingerprint density at radius 3 is 2.50 bits per heavy atom. The minimum Gasteiger partial charge on any atom is -0.492 e. The van der Waals surface area contributed by atoms with Gasteiger partial charge in [0, 0.05) is 19.0 Å². The van der Waals surface area contributed by atoms with E-state index < -0.39 is 11.6 Å². The molecule has 1 N–H and O–H groups in total. The number of nitrogens with zero attached hydrogens (tertiary/aromatic N) is 1. The van der Waals surface area contributed by atoms with Crippen LogP contribution in [-0.4, -0.2) is 47.4 Å². The molecule has 1 aromatic rings. The zero-order valence-corrected chi connectivity index (χ0v) is 13.0. The van der Waals surface area contributed by atoms with Gasteiger partial charge in [-0.3, -0.25) is 0 Å². The van der Waals surface area contributed by atoms with Gasteiger partial charge in [0.15, 0.2) is 0 Å². The second-order valence-electron chi connectivity index (χ2n) is 6.36. The summed E-state index contributed by atoms with van der Waals surface area (Å²) < 4.78 is 10.8. The Balaban J connectivity index is 1.80. The van der Waals surface area contributed by atoms with Crippen molar-refractivity contribution in [3.8, 4) is 5.75 Å².